The number of rotatable bonds is 1. The fraction of sp³-hybridized carbons (Fsp3) is 0.583. The molecule has 94 valence electrons. The third kappa shape index (κ3) is 1.42. The van der Waals surface area contributed by atoms with Crippen LogP contribution in [-0.2, 0) is 0 Å². The van der Waals surface area contributed by atoms with Gasteiger partial charge in [0.1, 0.15) is 12.1 Å². The summed E-state index contributed by atoms with van der Waals surface area (Å²) in [7, 11) is 0. The van der Waals surface area contributed by atoms with Crippen LogP contribution in [0.15, 0.2) is 12.4 Å². The zero-order chi connectivity index (χ0) is 12.1. The van der Waals surface area contributed by atoms with Crippen molar-refractivity contribution in [3.05, 3.63) is 18.1 Å². The number of fused-ring (bicyclic) bond motifs is 2. The van der Waals surface area contributed by atoms with Crippen molar-refractivity contribution in [3.63, 3.8) is 0 Å². The zero-order valence-electron chi connectivity index (χ0n) is 10.4. The number of nitrogens with one attached hydrogen (secondary N) is 1. The number of aryl methyl sites for hydroxylation is 1. The fourth-order valence-electron chi connectivity index (χ4n) is 3.18. The van der Waals surface area contributed by atoms with Crippen LogP contribution in [0.4, 0.5) is 5.82 Å². The SMILES string of the molecule is Cc1cc(N2C[C@H]3CNC[C@H]3C2)n2ncnc2n1. The summed E-state index contributed by atoms with van der Waals surface area (Å²) < 4.78 is 1.85. The van der Waals surface area contributed by atoms with E-state index in [1.807, 2.05) is 11.4 Å². The zero-order valence-corrected chi connectivity index (χ0v) is 10.4. The Labute approximate surface area is 105 Å². The number of nitrogens with zero attached hydrogens (tertiary/aromatic N) is 5. The largest absolute Gasteiger partial charge is 0.356 e. The number of anilines is 1. The molecule has 18 heavy (non-hydrogen) atoms. The van der Waals surface area contributed by atoms with Gasteiger partial charge in [-0.3, -0.25) is 0 Å². The molecule has 2 fully saturated rings. The van der Waals surface area contributed by atoms with E-state index in [0.29, 0.717) is 5.78 Å². The van der Waals surface area contributed by atoms with Crippen molar-refractivity contribution in [2.24, 2.45) is 11.8 Å². The molecule has 4 heterocycles. The van der Waals surface area contributed by atoms with Crippen molar-refractivity contribution in [1.82, 2.24) is 24.9 Å². The second kappa shape index (κ2) is 3.65. The Hall–Kier alpha value is -1.69. The van der Waals surface area contributed by atoms with Gasteiger partial charge < -0.3 is 10.2 Å². The first-order chi connectivity index (χ1) is 8.81. The van der Waals surface area contributed by atoms with E-state index in [9.17, 15) is 0 Å². The Morgan fingerprint density at radius 2 is 2.06 bits per heavy atom. The minimum absolute atomic E-state index is 0.695. The van der Waals surface area contributed by atoms with Crippen molar-refractivity contribution >= 4 is 11.6 Å². The van der Waals surface area contributed by atoms with Crippen LogP contribution in [0.1, 0.15) is 5.69 Å². The van der Waals surface area contributed by atoms with Gasteiger partial charge in [-0.25, -0.2) is 4.98 Å². The van der Waals surface area contributed by atoms with Crippen LogP contribution in [0, 0.1) is 18.8 Å². The van der Waals surface area contributed by atoms with E-state index in [1.54, 1.807) is 6.33 Å². The molecule has 0 spiro atoms. The first-order valence-electron chi connectivity index (χ1n) is 6.44. The molecule has 2 aromatic rings. The van der Waals surface area contributed by atoms with E-state index in [2.05, 4.69) is 31.3 Å². The quantitative estimate of drug-likeness (QED) is 0.770. The molecule has 0 radical (unpaired) electrons. The average molecular weight is 244 g/mol. The monoisotopic (exact) mass is 244 g/mol. The van der Waals surface area contributed by atoms with E-state index in [4.69, 9.17) is 0 Å². The average Bonchev–Trinajstić information content (AvgIpc) is 3.01. The highest BCUT2D eigenvalue weighted by atomic mass is 15.4. The number of hydrogen-bond acceptors (Lipinski definition) is 5. The van der Waals surface area contributed by atoms with Crippen LogP contribution < -0.4 is 10.2 Å². The first-order valence-corrected chi connectivity index (χ1v) is 6.44. The van der Waals surface area contributed by atoms with Crippen LogP contribution >= 0.6 is 0 Å². The summed E-state index contributed by atoms with van der Waals surface area (Å²) in [5, 5.41) is 7.75. The van der Waals surface area contributed by atoms with Gasteiger partial charge in [-0.15, -0.1) is 0 Å². The Bertz CT molecular complexity index is 579. The maximum Gasteiger partial charge on any atom is 0.254 e. The maximum atomic E-state index is 4.39. The Morgan fingerprint density at radius 3 is 2.83 bits per heavy atom. The standard InChI is InChI=1S/C12H16N6/c1-8-2-11(18-12(16-8)14-7-15-18)17-5-9-3-13-4-10(9)6-17/h2,7,9-10,13H,3-6H2,1H3/t9-,10+. The fourth-order valence-corrected chi connectivity index (χ4v) is 3.18. The minimum Gasteiger partial charge on any atom is -0.356 e. The summed E-state index contributed by atoms with van der Waals surface area (Å²) in [6.07, 6.45) is 1.57. The van der Waals surface area contributed by atoms with Crippen LogP contribution in [0.2, 0.25) is 0 Å². The predicted molar refractivity (Wildman–Crippen MR) is 67.6 cm³/mol. The lowest BCUT2D eigenvalue weighted by molar-refractivity contribution is 0.533. The van der Waals surface area contributed by atoms with Crippen molar-refractivity contribution in [2.75, 3.05) is 31.1 Å². The normalized spacial score (nSPS) is 27.1. The van der Waals surface area contributed by atoms with Gasteiger partial charge in [0.2, 0.25) is 0 Å². The van der Waals surface area contributed by atoms with E-state index < -0.39 is 0 Å². The van der Waals surface area contributed by atoms with E-state index in [-0.39, 0.29) is 0 Å². The Kier molecular flexibility index (Phi) is 2.08. The summed E-state index contributed by atoms with van der Waals surface area (Å²) in [4.78, 5) is 11.0. The molecule has 2 saturated heterocycles. The summed E-state index contributed by atoms with van der Waals surface area (Å²) in [6, 6.07) is 2.11. The maximum absolute atomic E-state index is 4.39. The second-order valence-electron chi connectivity index (χ2n) is 5.31. The topological polar surface area (TPSA) is 58.4 Å². The lowest BCUT2D eigenvalue weighted by Crippen LogP contribution is -2.27. The predicted octanol–water partition coefficient (Wildman–Crippen LogP) is 0.0883. The third-order valence-corrected chi connectivity index (χ3v) is 4.07. The van der Waals surface area contributed by atoms with Gasteiger partial charge >= 0.3 is 0 Å². The highest BCUT2D eigenvalue weighted by molar-refractivity contribution is 5.48. The van der Waals surface area contributed by atoms with E-state index in [1.165, 1.54) is 0 Å². The van der Waals surface area contributed by atoms with Crippen LogP contribution in [0.3, 0.4) is 0 Å². The third-order valence-electron chi connectivity index (χ3n) is 4.07. The van der Waals surface area contributed by atoms with Crippen molar-refractivity contribution in [1.29, 1.82) is 0 Å². The van der Waals surface area contributed by atoms with E-state index in [0.717, 1.165) is 49.5 Å². The molecular weight excluding hydrogens is 228 g/mol. The van der Waals surface area contributed by atoms with Crippen molar-refractivity contribution in [2.45, 2.75) is 6.92 Å². The van der Waals surface area contributed by atoms with Gasteiger partial charge in [0.15, 0.2) is 0 Å². The molecule has 6 nitrogen and oxygen atoms in total. The second-order valence-corrected chi connectivity index (χ2v) is 5.31. The van der Waals surface area contributed by atoms with Gasteiger partial charge in [0.05, 0.1) is 0 Å². The highest BCUT2D eigenvalue weighted by Gasteiger charge is 2.37. The van der Waals surface area contributed by atoms with Crippen LogP contribution in [0.25, 0.3) is 5.78 Å². The summed E-state index contributed by atoms with van der Waals surface area (Å²) in [5.74, 6) is 3.37. The number of hydrogen-bond donors (Lipinski definition) is 1. The minimum atomic E-state index is 0.695. The molecule has 0 unspecified atom stereocenters. The molecule has 6 heteroatoms. The van der Waals surface area contributed by atoms with Crippen LogP contribution in [0.5, 0.6) is 0 Å². The molecule has 0 aliphatic carbocycles. The molecule has 2 aliphatic rings. The van der Waals surface area contributed by atoms with E-state index >= 15 is 0 Å². The summed E-state index contributed by atoms with van der Waals surface area (Å²) in [6.45, 7) is 6.51. The van der Waals surface area contributed by atoms with Crippen molar-refractivity contribution in [3.8, 4) is 0 Å². The van der Waals surface area contributed by atoms with Crippen LogP contribution in [-0.4, -0.2) is 45.8 Å². The molecule has 0 amide bonds. The lowest BCUT2D eigenvalue weighted by atomic mass is 10.0. The molecule has 0 saturated carbocycles. The van der Waals surface area contributed by atoms with Crippen molar-refractivity contribution < 1.29 is 0 Å². The molecule has 0 aromatic carbocycles. The summed E-state index contributed by atoms with van der Waals surface area (Å²) in [5.41, 5.74) is 1.00. The highest BCUT2D eigenvalue weighted by Crippen LogP contribution is 2.30. The molecule has 1 N–H and O–H groups in total. The molecular formula is C12H16N6. The Balaban J connectivity index is 1.76. The smallest absolute Gasteiger partial charge is 0.254 e. The number of aromatic nitrogens is 4. The first kappa shape index (κ1) is 10.3. The molecule has 2 aromatic heterocycles. The van der Waals surface area contributed by atoms with Gasteiger partial charge in [-0.1, -0.05) is 0 Å². The molecule has 2 aliphatic heterocycles. The Morgan fingerprint density at radius 1 is 1.28 bits per heavy atom. The molecule has 2 atom stereocenters. The summed E-state index contributed by atoms with van der Waals surface area (Å²) >= 11 is 0. The van der Waals surface area contributed by atoms with Gasteiger partial charge in [-0.05, 0) is 18.8 Å². The molecule has 0 bridgehead atoms. The van der Waals surface area contributed by atoms with Gasteiger partial charge in [-0.2, -0.15) is 14.6 Å². The lowest BCUT2D eigenvalue weighted by Gasteiger charge is -2.20. The molecule has 4 rings (SSSR count). The van der Waals surface area contributed by atoms with Gasteiger partial charge in [0, 0.05) is 37.9 Å². The van der Waals surface area contributed by atoms with Gasteiger partial charge in [0.25, 0.3) is 5.78 Å².